The molecule has 1 aromatic heterocycles. The fraction of sp³-hybridized carbons (Fsp3) is 0.400. The van der Waals surface area contributed by atoms with E-state index in [2.05, 4.69) is 59.0 Å². The number of fused-ring (bicyclic) bond motifs is 1. The zero-order valence-electron chi connectivity index (χ0n) is 14.6. The van der Waals surface area contributed by atoms with Gasteiger partial charge in [-0.3, -0.25) is 0 Å². The maximum atomic E-state index is 4.38. The third-order valence-electron chi connectivity index (χ3n) is 4.20. The number of aromatic nitrogens is 2. The summed E-state index contributed by atoms with van der Waals surface area (Å²) in [6.07, 6.45) is 8.12. The molecular weight excluding hydrogens is 364 g/mol. The van der Waals surface area contributed by atoms with Crippen LogP contribution in [-0.4, -0.2) is 15.3 Å². The molecule has 0 saturated heterocycles. The molecule has 0 aliphatic rings. The number of rotatable bonds is 10. The highest BCUT2D eigenvalue weighted by Crippen LogP contribution is 2.40. The van der Waals surface area contributed by atoms with Crippen molar-refractivity contribution < 1.29 is 0 Å². The van der Waals surface area contributed by atoms with Gasteiger partial charge in [-0.25, -0.2) is 0 Å². The number of unbranched alkanes of at least 4 members (excludes halogenated alkanes) is 5. The van der Waals surface area contributed by atoms with Crippen LogP contribution >= 0.6 is 33.1 Å². The zero-order valence-corrected chi connectivity index (χ0v) is 17.1. The summed E-state index contributed by atoms with van der Waals surface area (Å²) in [6.45, 7) is 2.27. The molecule has 0 amide bonds. The molecule has 0 radical (unpaired) electrons. The van der Waals surface area contributed by atoms with Gasteiger partial charge in [-0.15, -0.1) is 5.10 Å². The zero-order chi connectivity index (χ0) is 17.3. The summed E-state index contributed by atoms with van der Waals surface area (Å²) in [5, 5.41) is 6.89. The Kier molecular flexibility index (Phi) is 7.64. The second-order valence-corrected chi connectivity index (χ2v) is 9.58. The SMILES string of the molecule is CCCCCCCCSSc1snnc1-c1ccc2ccccc2c1. The molecule has 0 aliphatic heterocycles. The van der Waals surface area contributed by atoms with Crippen molar-refractivity contribution in [1.82, 2.24) is 9.59 Å². The van der Waals surface area contributed by atoms with Crippen molar-refractivity contribution in [2.24, 2.45) is 0 Å². The van der Waals surface area contributed by atoms with Crippen LogP contribution in [0.15, 0.2) is 46.7 Å². The van der Waals surface area contributed by atoms with Crippen LogP contribution in [0.5, 0.6) is 0 Å². The summed E-state index contributed by atoms with van der Waals surface area (Å²) in [7, 11) is 3.77. The fourth-order valence-electron chi connectivity index (χ4n) is 2.79. The van der Waals surface area contributed by atoms with E-state index in [0.717, 1.165) is 11.3 Å². The minimum absolute atomic E-state index is 1.02. The van der Waals surface area contributed by atoms with Crippen molar-refractivity contribution in [1.29, 1.82) is 0 Å². The second kappa shape index (κ2) is 10.2. The minimum Gasteiger partial charge on any atom is -0.137 e. The van der Waals surface area contributed by atoms with Crippen molar-refractivity contribution in [2.75, 3.05) is 5.75 Å². The van der Waals surface area contributed by atoms with Crippen LogP contribution in [0.4, 0.5) is 0 Å². The van der Waals surface area contributed by atoms with Crippen LogP contribution in [0.25, 0.3) is 22.0 Å². The molecule has 2 aromatic carbocycles. The summed E-state index contributed by atoms with van der Waals surface area (Å²) >= 11 is 1.51. The van der Waals surface area contributed by atoms with Gasteiger partial charge in [0.05, 0.1) is 0 Å². The first kappa shape index (κ1) is 18.7. The summed E-state index contributed by atoms with van der Waals surface area (Å²) < 4.78 is 5.40. The van der Waals surface area contributed by atoms with Gasteiger partial charge in [0.15, 0.2) is 0 Å². The van der Waals surface area contributed by atoms with Crippen molar-refractivity contribution in [2.45, 2.75) is 49.7 Å². The van der Waals surface area contributed by atoms with Crippen LogP contribution in [0.1, 0.15) is 45.4 Å². The molecule has 132 valence electrons. The molecular formula is C20H24N2S3. The number of hydrogen-bond acceptors (Lipinski definition) is 5. The lowest BCUT2D eigenvalue weighted by Crippen LogP contribution is -1.82. The van der Waals surface area contributed by atoms with Crippen molar-refractivity contribution in [3.63, 3.8) is 0 Å². The van der Waals surface area contributed by atoms with Crippen molar-refractivity contribution in [3.8, 4) is 11.3 Å². The first-order valence-corrected chi connectivity index (χ1v) is 12.1. The van der Waals surface area contributed by atoms with Crippen LogP contribution in [0.3, 0.4) is 0 Å². The number of nitrogens with zero attached hydrogens (tertiary/aromatic N) is 2. The maximum Gasteiger partial charge on any atom is 0.120 e. The minimum atomic E-state index is 1.02. The van der Waals surface area contributed by atoms with E-state index in [9.17, 15) is 0 Å². The number of hydrogen-bond donors (Lipinski definition) is 0. The average molecular weight is 389 g/mol. The summed E-state index contributed by atoms with van der Waals surface area (Å²) in [6, 6.07) is 15.0. The standard InChI is InChI=1S/C20H24N2S3/c1-2-3-4-5-6-9-14-23-25-20-19(21-22-24-20)18-13-12-16-10-7-8-11-17(16)15-18/h7-8,10-13,15H,2-6,9,14H2,1H3. The van der Waals surface area contributed by atoms with Gasteiger partial charge < -0.3 is 0 Å². The van der Waals surface area contributed by atoms with Gasteiger partial charge in [0.1, 0.15) is 9.90 Å². The van der Waals surface area contributed by atoms with Crippen LogP contribution < -0.4 is 0 Å². The maximum absolute atomic E-state index is 4.38. The molecule has 0 atom stereocenters. The van der Waals surface area contributed by atoms with Gasteiger partial charge in [-0.2, -0.15) is 0 Å². The van der Waals surface area contributed by atoms with Gasteiger partial charge in [-0.1, -0.05) is 90.7 Å². The molecule has 0 bridgehead atoms. The smallest absolute Gasteiger partial charge is 0.120 e. The molecule has 0 aliphatic carbocycles. The van der Waals surface area contributed by atoms with Gasteiger partial charge in [0, 0.05) is 11.3 Å². The van der Waals surface area contributed by atoms with E-state index in [1.165, 1.54) is 70.8 Å². The predicted molar refractivity (Wildman–Crippen MR) is 115 cm³/mol. The number of benzene rings is 2. The van der Waals surface area contributed by atoms with E-state index in [1.807, 2.05) is 21.6 Å². The van der Waals surface area contributed by atoms with Crippen molar-refractivity contribution >= 4 is 43.9 Å². The Hall–Kier alpha value is -1.04. The monoisotopic (exact) mass is 388 g/mol. The average Bonchev–Trinajstić information content (AvgIpc) is 3.12. The molecule has 2 nitrogen and oxygen atoms in total. The quantitative estimate of drug-likeness (QED) is 0.266. The lowest BCUT2D eigenvalue weighted by atomic mass is 10.1. The highest BCUT2D eigenvalue weighted by molar-refractivity contribution is 8.77. The first-order valence-electron chi connectivity index (χ1n) is 8.99. The van der Waals surface area contributed by atoms with Gasteiger partial charge in [0.2, 0.25) is 0 Å². The van der Waals surface area contributed by atoms with E-state index in [0.29, 0.717) is 0 Å². The molecule has 25 heavy (non-hydrogen) atoms. The van der Waals surface area contributed by atoms with E-state index in [1.54, 1.807) is 0 Å². The Morgan fingerprint density at radius 2 is 1.72 bits per heavy atom. The summed E-state index contributed by atoms with van der Waals surface area (Å²) in [4.78, 5) is 0. The molecule has 5 heteroatoms. The molecule has 3 rings (SSSR count). The Labute approximate surface area is 162 Å². The molecule has 0 unspecified atom stereocenters. The molecule has 3 aromatic rings. The second-order valence-electron chi connectivity index (χ2n) is 6.14. The summed E-state index contributed by atoms with van der Waals surface area (Å²) in [5.74, 6) is 1.20. The largest absolute Gasteiger partial charge is 0.137 e. The van der Waals surface area contributed by atoms with E-state index in [-0.39, 0.29) is 0 Å². The van der Waals surface area contributed by atoms with Crippen LogP contribution in [0, 0.1) is 0 Å². The Bertz CT molecular complexity index is 785. The Morgan fingerprint density at radius 1 is 0.920 bits per heavy atom. The van der Waals surface area contributed by atoms with E-state index in [4.69, 9.17) is 0 Å². The lowest BCUT2D eigenvalue weighted by molar-refractivity contribution is 0.627. The molecule has 0 spiro atoms. The van der Waals surface area contributed by atoms with Crippen molar-refractivity contribution in [3.05, 3.63) is 42.5 Å². The molecule has 0 fully saturated rings. The van der Waals surface area contributed by atoms with Crippen LogP contribution in [-0.2, 0) is 0 Å². The third kappa shape index (κ3) is 5.47. The molecule has 1 heterocycles. The van der Waals surface area contributed by atoms with E-state index >= 15 is 0 Å². The molecule has 0 N–H and O–H groups in total. The Balaban J connectivity index is 1.53. The van der Waals surface area contributed by atoms with E-state index < -0.39 is 0 Å². The van der Waals surface area contributed by atoms with Gasteiger partial charge >= 0.3 is 0 Å². The third-order valence-corrected chi connectivity index (χ3v) is 7.78. The van der Waals surface area contributed by atoms with Gasteiger partial charge in [-0.05, 0) is 45.6 Å². The molecule has 0 saturated carbocycles. The fourth-order valence-corrected chi connectivity index (χ4v) is 6.07. The Morgan fingerprint density at radius 3 is 2.60 bits per heavy atom. The topological polar surface area (TPSA) is 25.8 Å². The summed E-state index contributed by atoms with van der Waals surface area (Å²) in [5.41, 5.74) is 2.19. The van der Waals surface area contributed by atoms with Gasteiger partial charge in [0.25, 0.3) is 0 Å². The first-order chi connectivity index (χ1) is 12.4. The lowest BCUT2D eigenvalue weighted by Gasteiger charge is -2.04. The highest BCUT2D eigenvalue weighted by atomic mass is 33.1. The normalized spacial score (nSPS) is 11.2. The van der Waals surface area contributed by atoms with Crippen LogP contribution in [0.2, 0.25) is 0 Å². The predicted octanol–water partition coefficient (Wildman–Crippen LogP) is 7.46. The highest BCUT2D eigenvalue weighted by Gasteiger charge is 2.12.